The molecule has 144 valence electrons. The van der Waals surface area contributed by atoms with Gasteiger partial charge in [0, 0.05) is 44.2 Å². The molecule has 0 bridgehead atoms. The lowest BCUT2D eigenvalue weighted by atomic mass is 10.0. The number of carbonyl (C=O) groups is 1. The smallest absolute Gasteiger partial charge is 0.317 e. The van der Waals surface area contributed by atoms with Gasteiger partial charge < -0.3 is 15.1 Å². The molecule has 0 aliphatic carbocycles. The topological polar surface area (TPSA) is 69.7 Å². The van der Waals surface area contributed by atoms with E-state index in [4.69, 9.17) is 0 Å². The van der Waals surface area contributed by atoms with Crippen LogP contribution in [-0.2, 0) is 16.3 Å². The average Bonchev–Trinajstić information content (AvgIpc) is 2.89. The van der Waals surface area contributed by atoms with Crippen LogP contribution in [0.4, 0.5) is 10.5 Å². The molecule has 0 radical (unpaired) electrons. The second-order valence-corrected chi connectivity index (χ2v) is 9.84. The van der Waals surface area contributed by atoms with Gasteiger partial charge in [0.2, 0.25) is 0 Å². The van der Waals surface area contributed by atoms with E-state index in [2.05, 4.69) is 41.4 Å². The number of fused-ring (bicyclic) bond motifs is 1. The SMILES string of the molecule is C[C@@H]1Cc2ccccc2N1CCNC(=O)N1CCC[C@@H](CS(C)(=O)=O)C1. The number of carbonyl (C=O) groups excluding carboxylic acids is 1. The Morgan fingerprint density at radius 3 is 2.85 bits per heavy atom. The first-order valence-corrected chi connectivity index (χ1v) is 11.4. The summed E-state index contributed by atoms with van der Waals surface area (Å²) in [5.41, 5.74) is 2.63. The van der Waals surface area contributed by atoms with Gasteiger partial charge in [-0.15, -0.1) is 0 Å². The van der Waals surface area contributed by atoms with Crippen molar-refractivity contribution in [3.63, 3.8) is 0 Å². The Bertz CT molecular complexity index is 750. The Labute approximate surface area is 156 Å². The first kappa shape index (κ1) is 19.0. The molecule has 26 heavy (non-hydrogen) atoms. The molecule has 2 atom stereocenters. The number of nitrogens with zero attached hydrogens (tertiary/aromatic N) is 2. The number of benzene rings is 1. The van der Waals surface area contributed by atoms with Gasteiger partial charge in [0.1, 0.15) is 9.84 Å². The fraction of sp³-hybridized carbons (Fsp3) is 0.632. The zero-order valence-corrected chi connectivity index (χ0v) is 16.5. The minimum atomic E-state index is -3.00. The van der Waals surface area contributed by atoms with E-state index in [1.165, 1.54) is 17.5 Å². The summed E-state index contributed by atoms with van der Waals surface area (Å²) in [6.45, 7) is 4.81. The minimum absolute atomic E-state index is 0.0509. The van der Waals surface area contributed by atoms with Crippen molar-refractivity contribution in [2.75, 3.05) is 43.1 Å². The Morgan fingerprint density at radius 2 is 2.08 bits per heavy atom. The third-order valence-electron chi connectivity index (χ3n) is 5.32. The molecule has 1 saturated heterocycles. The molecule has 7 heteroatoms. The highest BCUT2D eigenvalue weighted by Gasteiger charge is 2.27. The van der Waals surface area contributed by atoms with E-state index < -0.39 is 9.84 Å². The molecule has 1 N–H and O–H groups in total. The summed E-state index contributed by atoms with van der Waals surface area (Å²) < 4.78 is 23.0. The van der Waals surface area contributed by atoms with Crippen molar-refractivity contribution in [2.24, 2.45) is 5.92 Å². The van der Waals surface area contributed by atoms with Crippen LogP contribution < -0.4 is 10.2 Å². The highest BCUT2D eigenvalue weighted by molar-refractivity contribution is 7.90. The minimum Gasteiger partial charge on any atom is -0.367 e. The maximum Gasteiger partial charge on any atom is 0.317 e. The number of hydrogen-bond acceptors (Lipinski definition) is 4. The zero-order valence-electron chi connectivity index (χ0n) is 15.6. The van der Waals surface area contributed by atoms with Gasteiger partial charge in [0.05, 0.1) is 5.75 Å². The summed E-state index contributed by atoms with van der Waals surface area (Å²) in [4.78, 5) is 16.6. The first-order chi connectivity index (χ1) is 12.3. The Balaban J connectivity index is 1.48. The molecular weight excluding hydrogens is 350 g/mol. The molecule has 0 spiro atoms. The Hall–Kier alpha value is -1.76. The monoisotopic (exact) mass is 379 g/mol. The third-order valence-corrected chi connectivity index (χ3v) is 6.40. The maximum absolute atomic E-state index is 12.5. The van der Waals surface area contributed by atoms with E-state index in [9.17, 15) is 13.2 Å². The zero-order chi connectivity index (χ0) is 18.7. The van der Waals surface area contributed by atoms with Crippen molar-refractivity contribution in [1.29, 1.82) is 0 Å². The lowest BCUT2D eigenvalue weighted by Crippen LogP contribution is -2.48. The molecule has 1 fully saturated rings. The normalized spacial score (nSPS) is 23.0. The van der Waals surface area contributed by atoms with Crippen LogP contribution >= 0.6 is 0 Å². The number of urea groups is 1. The summed E-state index contributed by atoms with van der Waals surface area (Å²) in [7, 11) is -3.00. The Morgan fingerprint density at radius 1 is 1.31 bits per heavy atom. The van der Waals surface area contributed by atoms with Crippen LogP contribution in [0.1, 0.15) is 25.3 Å². The fourth-order valence-electron chi connectivity index (χ4n) is 4.18. The van der Waals surface area contributed by atoms with Crippen LogP contribution in [0.25, 0.3) is 0 Å². The number of para-hydroxylation sites is 1. The van der Waals surface area contributed by atoms with Gasteiger partial charge in [-0.3, -0.25) is 0 Å². The highest BCUT2D eigenvalue weighted by atomic mass is 32.2. The second kappa shape index (κ2) is 7.86. The molecule has 2 amide bonds. The number of amides is 2. The number of hydrogen-bond donors (Lipinski definition) is 1. The standard InChI is InChI=1S/C19H29N3O3S/c1-15-12-17-7-3-4-8-18(17)22(15)11-9-20-19(23)21-10-5-6-16(13-21)14-26(2,24)25/h3-4,7-8,15-16H,5-6,9-14H2,1-2H3,(H,20,23)/t15-,16-/m1/s1. The largest absolute Gasteiger partial charge is 0.367 e. The summed E-state index contributed by atoms with van der Waals surface area (Å²) >= 11 is 0. The van der Waals surface area contributed by atoms with Crippen molar-refractivity contribution < 1.29 is 13.2 Å². The number of likely N-dealkylation sites (tertiary alicyclic amines) is 1. The molecule has 6 nitrogen and oxygen atoms in total. The van der Waals surface area contributed by atoms with Crippen LogP contribution in [0.3, 0.4) is 0 Å². The van der Waals surface area contributed by atoms with Gasteiger partial charge in [-0.1, -0.05) is 18.2 Å². The quantitative estimate of drug-likeness (QED) is 0.848. The predicted octanol–water partition coefficient (Wildman–Crippen LogP) is 1.90. The van der Waals surface area contributed by atoms with Crippen molar-refractivity contribution in [3.8, 4) is 0 Å². The van der Waals surface area contributed by atoms with E-state index in [0.29, 0.717) is 25.7 Å². The lowest BCUT2D eigenvalue weighted by molar-refractivity contribution is 0.170. The van der Waals surface area contributed by atoms with Gasteiger partial charge in [0.25, 0.3) is 0 Å². The molecule has 3 rings (SSSR count). The number of nitrogens with one attached hydrogen (secondary N) is 1. The summed E-state index contributed by atoms with van der Waals surface area (Å²) in [5.74, 6) is 0.216. The molecule has 2 aliphatic rings. The number of piperidine rings is 1. The van der Waals surface area contributed by atoms with Crippen LogP contribution in [0.5, 0.6) is 0 Å². The first-order valence-electron chi connectivity index (χ1n) is 9.38. The van der Waals surface area contributed by atoms with E-state index >= 15 is 0 Å². The van der Waals surface area contributed by atoms with E-state index in [1.807, 2.05) is 0 Å². The van der Waals surface area contributed by atoms with Gasteiger partial charge >= 0.3 is 6.03 Å². The highest BCUT2D eigenvalue weighted by Crippen LogP contribution is 2.31. The molecule has 0 aromatic heterocycles. The van der Waals surface area contributed by atoms with Gasteiger partial charge in [-0.25, -0.2) is 13.2 Å². The number of rotatable bonds is 5. The van der Waals surface area contributed by atoms with Crippen LogP contribution in [0.2, 0.25) is 0 Å². The molecule has 1 aromatic rings. The van der Waals surface area contributed by atoms with Gasteiger partial charge in [0.15, 0.2) is 0 Å². The molecule has 2 aliphatic heterocycles. The summed E-state index contributed by atoms with van der Waals surface area (Å²) in [6, 6.07) is 8.79. The predicted molar refractivity (Wildman–Crippen MR) is 104 cm³/mol. The van der Waals surface area contributed by atoms with Crippen molar-refractivity contribution >= 4 is 21.6 Å². The maximum atomic E-state index is 12.5. The molecule has 0 unspecified atom stereocenters. The van der Waals surface area contributed by atoms with Gasteiger partial charge in [-0.05, 0) is 43.7 Å². The van der Waals surface area contributed by atoms with Crippen LogP contribution in [0.15, 0.2) is 24.3 Å². The van der Waals surface area contributed by atoms with E-state index in [0.717, 1.165) is 25.8 Å². The number of sulfone groups is 1. The van der Waals surface area contributed by atoms with Crippen LogP contribution in [0, 0.1) is 5.92 Å². The summed E-state index contributed by atoms with van der Waals surface area (Å²) in [6.07, 6.45) is 4.05. The molecule has 0 saturated carbocycles. The van der Waals surface area contributed by atoms with E-state index in [-0.39, 0.29) is 17.7 Å². The van der Waals surface area contributed by atoms with E-state index in [1.54, 1.807) is 4.90 Å². The molecule has 1 aromatic carbocycles. The van der Waals surface area contributed by atoms with Crippen LogP contribution in [-0.4, -0.2) is 63.6 Å². The molecule has 2 heterocycles. The number of anilines is 1. The average molecular weight is 380 g/mol. The summed E-state index contributed by atoms with van der Waals surface area (Å²) in [5, 5.41) is 3.01. The second-order valence-electron chi connectivity index (χ2n) is 7.65. The fourth-order valence-corrected chi connectivity index (χ4v) is 5.31. The molecular formula is C19H29N3O3S. The van der Waals surface area contributed by atoms with Crippen molar-refractivity contribution in [2.45, 2.75) is 32.2 Å². The van der Waals surface area contributed by atoms with Gasteiger partial charge in [-0.2, -0.15) is 0 Å². The van der Waals surface area contributed by atoms with Crippen molar-refractivity contribution in [3.05, 3.63) is 29.8 Å². The third kappa shape index (κ3) is 4.69. The lowest BCUT2D eigenvalue weighted by Gasteiger charge is -2.33. The Kier molecular flexibility index (Phi) is 5.75. The van der Waals surface area contributed by atoms with Crippen molar-refractivity contribution in [1.82, 2.24) is 10.2 Å².